The van der Waals surface area contributed by atoms with Gasteiger partial charge in [0.15, 0.2) is 0 Å². The highest BCUT2D eigenvalue weighted by molar-refractivity contribution is 5.85. The Morgan fingerprint density at radius 1 is 1.05 bits per heavy atom. The van der Waals surface area contributed by atoms with Crippen molar-refractivity contribution in [1.29, 1.82) is 0 Å². The lowest BCUT2D eigenvalue weighted by atomic mass is 9.86. The second-order valence-electron chi connectivity index (χ2n) is 6.96. The Kier molecular flexibility index (Phi) is 4.51. The monoisotopic (exact) mass is 267 g/mol. The van der Waals surface area contributed by atoms with Crippen LogP contribution in [0.1, 0.15) is 46.5 Å². The highest BCUT2D eigenvalue weighted by atomic mass is 16.2. The summed E-state index contributed by atoms with van der Waals surface area (Å²) in [6.45, 7) is 9.66. The molecular weight excluding hydrogens is 238 g/mol. The predicted molar refractivity (Wildman–Crippen MR) is 77.8 cm³/mol. The Labute approximate surface area is 117 Å². The molecule has 2 aliphatic rings. The van der Waals surface area contributed by atoms with Gasteiger partial charge < -0.3 is 10.6 Å². The van der Waals surface area contributed by atoms with E-state index in [1.54, 1.807) is 13.8 Å². The fraction of sp³-hybridized carbons (Fsp3) is 0.933. The minimum absolute atomic E-state index is 0.0874. The van der Waals surface area contributed by atoms with Crippen LogP contribution in [0.25, 0.3) is 0 Å². The van der Waals surface area contributed by atoms with E-state index in [0.29, 0.717) is 0 Å². The Bertz CT molecular complexity index is 308. The molecule has 1 amide bonds. The first kappa shape index (κ1) is 14.8. The Balaban J connectivity index is 1.81. The van der Waals surface area contributed by atoms with Crippen LogP contribution in [-0.2, 0) is 4.79 Å². The highest BCUT2D eigenvalue weighted by Crippen LogP contribution is 2.27. The zero-order valence-electron chi connectivity index (χ0n) is 12.7. The van der Waals surface area contributed by atoms with Gasteiger partial charge in [-0.15, -0.1) is 0 Å². The number of carbonyl (C=O) groups excluding carboxylic acids is 1. The van der Waals surface area contributed by atoms with Crippen LogP contribution in [-0.4, -0.2) is 53.5 Å². The van der Waals surface area contributed by atoms with E-state index in [4.69, 9.17) is 5.73 Å². The average Bonchev–Trinajstić information content (AvgIpc) is 2.38. The van der Waals surface area contributed by atoms with E-state index in [1.165, 1.54) is 25.7 Å². The van der Waals surface area contributed by atoms with Crippen molar-refractivity contribution in [3.05, 3.63) is 0 Å². The van der Waals surface area contributed by atoms with E-state index in [-0.39, 0.29) is 5.91 Å². The first-order valence-electron chi connectivity index (χ1n) is 7.70. The van der Waals surface area contributed by atoms with Gasteiger partial charge in [-0.3, -0.25) is 9.69 Å². The largest absolute Gasteiger partial charge is 0.339 e. The van der Waals surface area contributed by atoms with Gasteiger partial charge in [-0.05, 0) is 45.4 Å². The summed E-state index contributed by atoms with van der Waals surface area (Å²) in [5, 5.41) is 0. The van der Waals surface area contributed by atoms with Crippen molar-refractivity contribution in [2.24, 2.45) is 11.7 Å². The molecule has 19 heavy (non-hydrogen) atoms. The number of hydrogen-bond acceptors (Lipinski definition) is 3. The van der Waals surface area contributed by atoms with Gasteiger partial charge in [-0.1, -0.05) is 6.92 Å². The summed E-state index contributed by atoms with van der Waals surface area (Å²) in [6, 6.07) is 0.749. The minimum Gasteiger partial charge on any atom is -0.339 e. The summed E-state index contributed by atoms with van der Waals surface area (Å²) in [5.41, 5.74) is 5.16. The van der Waals surface area contributed by atoms with E-state index in [9.17, 15) is 4.79 Å². The molecule has 2 rings (SSSR count). The van der Waals surface area contributed by atoms with Crippen molar-refractivity contribution in [2.45, 2.75) is 58.0 Å². The first-order valence-corrected chi connectivity index (χ1v) is 7.70. The quantitative estimate of drug-likeness (QED) is 0.824. The Morgan fingerprint density at radius 2 is 1.58 bits per heavy atom. The van der Waals surface area contributed by atoms with Crippen LogP contribution >= 0.6 is 0 Å². The van der Waals surface area contributed by atoms with Crippen molar-refractivity contribution >= 4 is 5.91 Å². The molecule has 110 valence electrons. The van der Waals surface area contributed by atoms with E-state index in [1.807, 2.05) is 4.90 Å². The molecule has 1 saturated carbocycles. The van der Waals surface area contributed by atoms with Crippen LogP contribution in [0.5, 0.6) is 0 Å². The number of amides is 1. The average molecular weight is 267 g/mol. The van der Waals surface area contributed by atoms with Gasteiger partial charge in [0.1, 0.15) is 0 Å². The summed E-state index contributed by atoms with van der Waals surface area (Å²) in [4.78, 5) is 16.6. The minimum atomic E-state index is -0.734. The smallest absolute Gasteiger partial charge is 0.242 e. The molecule has 1 aliphatic heterocycles. The van der Waals surface area contributed by atoms with Crippen LogP contribution in [0.3, 0.4) is 0 Å². The SMILES string of the molecule is CC1CCC(N2CCN(C(=O)C(C)(C)N)CC2)CC1. The molecule has 1 heterocycles. The topological polar surface area (TPSA) is 49.6 Å². The number of nitrogens with zero attached hydrogens (tertiary/aromatic N) is 2. The van der Waals surface area contributed by atoms with Gasteiger partial charge in [0.2, 0.25) is 5.91 Å². The molecule has 0 aromatic carbocycles. The molecule has 0 aromatic heterocycles. The predicted octanol–water partition coefficient (Wildman–Crippen LogP) is 1.45. The van der Waals surface area contributed by atoms with Gasteiger partial charge in [0.05, 0.1) is 5.54 Å². The van der Waals surface area contributed by atoms with E-state index in [0.717, 1.165) is 38.1 Å². The van der Waals surface area contributed by atoms with Gasteiger partial charge in [-0.2, -0.15) is 0 Å². The molecule has 0 bridgehead atoms. The lowest BCUT2D eigenvalue weighted by Gasteiger charge is -2.42. The molecule has 0 aromatic rings. The molecule has 4 nitrogen and oxygen atoms in total. The van der Waals surface area contributed by atoms with E-state index >= 15 is 0 Å². The Hall–Kier alpha value is -0.610. The molecule has 1 aliphatic carbocycles. The second-order valence-corrected chi connectivity index (χ2v) is 6.96. The van der Waals surface area contributed by atoms with Crippen molar-refractivity contribution < 1.29 is 4.79 Å². The second kappa shape index (κ2) is 5.80. The zero-order valence-corrected chi connectivity index (χ0v) is 12.7. The van der Waals surface area contributed by atoms with Crippen LogP contribution in [0.4, 0.5) is 0 Å². The van der Waals surface area contributed by atoms with Gasteiger partial charge in [-0.25, -0.2) is 0 Å². The maximum absolute atomic E-state index is 12.1. The first-order chi connectivity index (χ1) is 8.88. The fourth-order valence-corrected chi connectivity index (χ4v) is 3.31. The molecule has 0 atom stereocenters. The molecule has 0 unspecified atom stereocenters. The lowest BCUT2D eigenvalue weighted by molar-refractivity contribution is -0.138. The van der Waals surface area contributed by atoms with Crippen LogP contribution < -0.4 is 5.73 Å². The molecule has 1 saturated heterocycles. The third-order valence-electron chi connectivity index (χ3n) is 4.65. The van der Waals surface area contributed by atoms with Crippen molar-refractivity contribution in [3.63, 3.8) is 0 Å². The number of hydrogen-bond donors (Lipinski definition) is 1. The molecule has 4 heteroatoms. The summed E-state index contributed by atoms with van der Waals surface area (Å²) in [5.74, 6) is 0.988. The summed E-state index contributed by atoms with van der Waals surface area (Å²) in [6.07, 6.45) is 5.38. The van der Waals surface area contributed by atoms with Crippen molar-refractivity contribution in [2.75, 3.05) is 26.2 Å². The number of rotatable bonds is 2. The van der Waals surface area contributed by atoms with Crippen LogP contribution in [0.2, 0.25) is 0 Å². The standard InChI is InChI=1S/C15H29N3O/c1-12-4-6-13(7-5-12)17-8-10-18(11-9-17)14(19)15(2,3)16/h12-13H,4-11,16H2,1-3H3. The van der Waals surface area contributed by atoms with Gasteiger partial charge in [0.25, 0.3) is 0 Å². The van der Waals surface area contributed by atoms with Gasteiger partial charge in [0, 0.05) is 32.2 Å². The number of carbonyl (C=O) groups is 1. The lowest BCUT2D eigenvalue weighted by Crippen LogP contribution is -2.58. The third-order valence-corrected chi connectivity index (χ3v) is 4.65. The number of piperazine rings is 1. The highest BCUT2D eigenvalue weighted by Gasteiger charge is 2.32. The normalized spacial score (nSPS) is 30.4. The van der Waals surface area contributed by atoms with E-state index < -0.39 is 5.54 Å². The summed E-state index contributed by atoms with van der Waals surface area (Å²) < 4.78 is 0. The summed E-state index contributed by atoms with van der Waals surface area (Å²) in [7, 11) is 0. The molecule has 2 fully saturated rings. The van der Waals surface area contributed by atoms with Crippen LogP contribution in [0, 0.1) is 5.92 Å². The molecule has 0 radical (unpaired) electrons. The number of nitrogens with two attached hydrogens (primary N) is 1. The summed E-state index contributed by atoms with van der Waals surface area (Å²) >= 11 is 0. The van der Waals surface area contributed by atoms with Crippen molar-refractivity contribution in [1.82, 2.24) is 9.80 Å². The van der Waals surface area contributed by atoms with Gasteiger partial charge >= 0.3 is 0 Å². The third kappa shape index (κ3) is 3.69. The van der Waals surface area contributed by atoms with Crippen molar-refractivity contribution in [3.8, 4) is 0 Å². The van der Waals surface area contributed by atoms with E-state index in [2.05, 4.69) is 11.8 Å². The fourth-order valence-electron chi connectivity index (χ4n) is 3.31. The maximum Gasteiger partial charge on any atom is 0.242 e. The maximum atomic E-state index is 12.1. The Morgan fingerprint density at radius 3 is 2.05 bits per heavy atom. The van der Waals surface area contributed by atoms with Crippen LogP contribution in [0.15, 0.2) is 0 Å². The molecule has 2 N–H and O–H groups in total. The molecule has 0 spiro atoms. The zero-order chi connectivity index (χ0) is 14.0. The molecular formula is C15H29N3O.